The van der Waals surface area contributed by atoms with E-state index in [1.54, 1.807) is 23.3 Å². The topological polar surface area (TPSA) is 85.9 Å². The lowest BCUT2D eigenvalue weighted by Gasteiger charge is -2.07. The van der Waals surface area contributed by atoms with E-state index in [0.29, 0.717) is 10.6 Å². The maximum atomic E-state index is 5.75. The van der Waals surface area contributed by atoms with Gasteiger partial charge in [0, 0.05) is 36.3 Å². The molecule has 1 aliphatic heterocycles. The predicted molar refractivity (Wildman–Crippen MR) is 115 cm³/mol. The quantitative estimate of drug-likeness (QED) is 0.393. The predicted octanol–water partition coefficient (Wildman–Crippen LogP) is 3.92. The fourth-order valence-electron chi connectivity index (χ4n) is 3.45. The average Bonchev–Trinajstić information content (AvgIpc) is 3.54. The van der Waals surface area contributed by atoms with E-state index in [2.05, 4.69) is 20.3 Å². The summed E-state index contributed by atoms with van der Waals surface area (Å²) in [5.41, 5.74) is 3.49. The van der Waals surface area contributed by atoms with Gasteiger partial charge >= 0.3 is 0 Å². The van der Waals surface area contributed by atoms with E-state index in [-0.39, 0.29) is 6.10 Å². The monoisotopic (exact) mass is 417 g/mol. The molecule has 1 fully saturated rings. The number of aromatic nitrogens is 6. The third-order valence-electron chi connectivity index (χ3n) is 4.90. The number of nitrogens with one attached hydrogen (secondary N) is 1. The second-order valence-corrected chi connectivity index (χ2v) is 7.29. The van der Waals surface area contributed by atoms with E-state index >= 15 is 0 Å². The van der Waals surface area contributed by atoms with Gasteiger partial charge in [-0.3, -0.25) is 10.1 Å². The first kappa shape index (κ1) is 18.6. The second kappa shape index (κ2) is 8.13. The number of H-pyrrole nitrogens is 1. The van der Waals surface area contributed by atoms with Gasteiger partial charge in [0.05, 0.1) is 11.9 Å². The Kier molecular flexibility index (Phi) is 5.04. The lowest BCUT2D eigenvalue weighted by atomic mass is 10.1. The molecule has 30 heavy (non-hydrogen) atoms. The molecule has 3 aromatic heterocycles. The van der Waals surface area contributed by atoms with E-state index in [9.17, 15) is 0 Å². The first-order valence-corrected chi connectivity index (χ1v) is 10.1. The van der Waals surface area contributed by atoms with E-state index in [4.69, 9.17) is 22.1 Å². The Morgan fingerprint density at radius 1 is 1.20 bits per heavy atom. The smallest absolute Gasteiger partial charge is 0.216 e. The number of hydrogen-bond donors (Lipinski definition) is 1. The van der Waals surface area contributed by atoms with Crippen molar-refractivity contribution in [2.24, 2.45) is 5.10 Å². The maximum absolute atomic E-state index is 5.75. The van der Waals surface area contributed by atoms with Crippen LogP contribution in [0.4, 0.5) is 0 Å². The molecule has 4 aromatic rings. The first-order valence-electron chi connectivity index (χ1n) is 9.68. The van der Waals surface area contributed by atoms with Crippen LogP contribution in [0.15, 0.2) is 66.2 Å². The average molecular weight is 417 g/mol. The van der Waals surface area contributed by atoms with Gasteiger partial charge in [-0.15, -0.1) is 0 Å². The highest BCUT2D eigenvalue weighted by molar-refractivity contribution is 7.71. The molecule has 5 rings (SSSR count). The van der Waals surface area contributed by atoms with Gasteiger partial charge in [0.15, 0.2) is 5.82 Å². The Morgan fingerprint density at radius 3 is 2.87 bits per heavy atom. The second-order valence-electron chi connectivity index (χ2n) is 6.90. The highest BCUT2D eigenvalue weighted by Gasteiger charge is 2.23. The van der Waals surface area contributed by atoms with Gasteiger partial charge in [0.1, 0.15) is 11.8 Å². The Morgan fingerprint density at radius 2 is 2.10 bits per heavy atom. The molecule has 150 valence electrons. The van der Waals surface area contributed by atoms with Crippen LogP contribution < -0.4 is 0 Å². The lowest BCUT2D eigenvalue weighted by Crippen LogP contribution is -2.05. The highest BCUT2D eigenvalue weighted by atomic mass is 32.1. The Hall–Kier alpha value is -3.43. The van der Waals surface area contributed by atoms with Crippen LogP contribution in [-0.2, 0) is 4.74 Å². The molecule has 1 aliphatic rings. The fraction of sp³-hybridized carbons (Fsp3) is 0.190. The van der Waals surface area contributed by atoms with Gasteiger partial charge in [-0.05, 0) is 49.3 Å². The van der Waals surface area contributed by atoms with Crippen LogP contribution in [0.1, 0.15) is 30.3 Å². The van der Waals surface area contributed by atoms with Crippen molar-refractivity contribution in [2.75, 3.05) is 6.61 Å². The molecule has 1 N–H and O–H groups in total. The van der Waals surface area contributed by atoms with Crippen molar-refractivity contribution in [3.8, 4) is 16.9 Å². The molecule has 0 bridgehead atoms. The van der Waals surface area contributed by atoms with Gasteiger partial charge in [0.25, 0.3) is 0 Å². The van der Waals surface area contributed by atoms with E-state index in [0.717, 1.165) is 42.0 Å². The zero-order valence-electron chi connectivity index (χ0n) is 16.0. The van der Waals surface area contributed by atoms with Crippen LogP contribution in [0.25, 0.3) is 16.9 Å². The number of para-hydroxylation sites is 1. The number of hydrogen-bond acceptors (Lipinski definition) is 6. The molecule has 0 saturated carbocycles. The van der Waals surface area contributed by atoms with Crippen molar-refractivity contribution in [3.63, 3.8) is 0 Å². The Balaban J connectivity index is 1.57. The van der Waals surface area contributed by atoms with Gasteiger partial charge in [-0.1, -0.05) is 18.2 Å². The van der Waals surface area contributed by atoms with Gasteiger partial charge in [-0.25, -0.2) is 4.68 Å². The van der Waals surface area contributed by atoms with Crippen molar-refractivity contribution >= 4 is 18.4 Å². The third-order valence-corrected chi connectivity index (χ3v) is 5.17. The summed E-state index contributed by atoms with van der Waals surface area (Å²) >= 11 is 5.38. The zero-order valence-corrected chi connectivity index (χ0v) is 16.9. The van der Waals surface area contributed by atoms with Crippen LogP contribution >= 0.6 is 12.2 Å². The van der Waals surface area contributed by atoms with Crippen LogP contribution in [0.5, 0.6) is 0 Å². The summed E-state index contributed by atoms with van der Waals surface area (Å²) in [5.74, 6) is 0.687. The molecule has 1 aromatic carbocycles. The number of rotatable bonds is 5. The number of aromatic amines is 1. The first-order chi connectivity index (χ1) is 14.8. The standard InChI is InChI=1S/C21H19N7OS/c30-21-25-24-20(18-9-5-11-29-18)28(21)23-13-16-14-27(17-7-2-1-3-8-17)26-19(16)15-6-4-10-22-12-15/h1-4,6-8,10,12-14,18H,5,9,11H2,(H,25,30)/b23-13-/t18-/m0/s1. The highest BCUT2D eigenvalue weighted by Crippen LogP contribution is 2.27. The molecule has 8 nitrogen and oxygen atoms in total. The summed E-state index contributed by atoms with van der Waals surface area (Å²) < 4.78 is 9.63. The Bertz CT molecular complexity index is 1220. The summed E-state index contributed by atoms with van der Waals surface area (Å²) in [6, 6.07) is 13.8. The van der Waals surface area contributed by atoms with Crippen molar-refractivity contribution in [3.05, 3.63) is 77.2 Å². The fourth-order valence-corrected chi connectivity index (χ4v) is 3.63. The van der Waals surface area contributed by atoms with Gasteiger partial charge < -0.3 is 4.74 Å². The van der Waals surface area contributed by atoms with E-state index < -0.39 is 0 Å². The third kappa shape index (κ3) is 3.60. The van der Waals surface area contributed by atoms with E-state index in [1.165, 1.54) is 0 Å². The summed E-state index contributed by atoms with van der Waals surface area (Å²) in [7, 11) is 0. The number of benzene rings is 1. The maximum Gasteiger partial charge on any atom is 0.216 e. The van der Waals surface area contributed by atoms with E-state index in [1.807, 2.05) is 53.3 Å². The molecule has 1 atom stereocenters. The van der Waals surface area contributed by atoms with Crippen molar-refractivity contribution in [2.45, 2.75) is 18.9 Å². The summed E-state index contributed by atoms with van der Waals surface area (Å²) in [6.45, 7) is 0.725. The molecule has 0 aliphatic carbocycles. The molecule has 0 spiro atoms. The molecule has 4 heterocycles. The van der Waals surface area contributed by atoms with Gasteiger partial charge in [-0.2, -0.15) is 20.0 Å². The molecule has 0 radical (unpaired) electrons. The van der Waals surface area contributed by atoms with Crippen LogP contribution in [0, 0.1) is 4.77 Å². The number of nitrogens with zero attached hydrogens (tertiary/aromatic N) is 6. The molecule has 0 unspecified atom stereocenters. The molecular weight excluding hydrogens is 398 g/mol. The van der Waals surface area contributed by atoms with Crippen molar-refractivity contribution < 1.29 is 4.74 Å². The molecule has 9 heteroatoms. The minimum atomic E-state index is -0.0973. The summed E-state index contributed by atoms with van der Waals surface area (Å²) in [5, 5.41) is 16.5. The lowest BCUT2D eigenvalue weighted by molar-refractivity contribution is 0.102. The summed E-state index contributed by atoms with van der Waals surface area (Å²) in [6.07, 6.45) is 9.03. The number of pyridine rings is 1. The van der Waals surface area contributed by atoms with Crippen molar-refractivity contribution in [1.82, 2.24) is 29.6 Å². The van der Waals surface area contributed by atoms with Crippen LogP contribution in [-0.4, -0.2) is 42.5 Å². The largest absolute Gasteiger partial charge is 0.370 e. The normalized spacial score (nSPS) is 16.5. The minimum absolute atomic E-state index is 0.0973. The molecular formula is C21H19N7OS. The zero-order chi connectivity index (χ0) is 20.3. The number of ether oxygens (including phenoxy) is 1. The minimum Gasteiger partial charge on any atom is -0.370 e. The van der Waals surface area contributed by atoms with Gasteiger partial charge in [0.2, 0.25) is 4.77 Å². The SMILES string of the molecule is S=c1[nH]nc([C@@H]2CCCO2)n1/N=C\c1cn(-c2ccccc2)nc1-c1cccnc1. The molecule has 1 saturated heterocycles. The van der Waals surface area contributed by atoms with Crippen molar-refractivity contribution in [1.29, 1.82) is 0 Å². The Labute approximate surface area is 177 Å². The van der Waals surface area contributed by atoms with Crippen LogP contribution in [0.3, 0.4) is 0 Å². The summed E-state index contributed by atoms with van der Waals surface area (Å²) in [4.78, 5) is 4.23. The molecule has 0 amide bonds. The van der Waals surface area contributed by atoms with Crippen LogP contribution in [0.2, 0.25) is 0 Å².